The van der Waals surface area contributed by atoms with E-state index in [1.54, 1.807) is 10.8 Å². The maximum absolute atomic E-state index is 14.3. The second-order valence-electron chi connectivity index (χ2n) is 6.74. The van der Waals surface area contributed by atoms with E-state index in [2.05, 4.69) is 19.9 Å². The summed E-state index contributed by atoms with van der Waals surface area (Å²) in [6.07, 6.45) is 4.91. The minimum Gasteiger partial charge on any atom is -0.479 e. The highest BCUT2D eigenvalue weighted by atomic mass is 19.2. The number of aromatic nitrogens is 6. The lowest BCUT2D eigenvalue weighted by Crippen LogP contribution is -2.06. The minimum absolute atomic E-state index is 0.0211. The van der Waals surface area contributed by atoms with Crippen LogP contribution >= 0.6 is 0 Å². The van der Waals surface area contributed by atoms with E-state index in [0.29, 0.717) is 33.8 Å². The van der Waals surface area contributed by atoms with Crippen molar-refractivity contribution in [2.24, 2.45) is 0 Å². The molecule has 0 atom stereocenters. The molecule has 1 aromatic carbocycles. The Kier molecular flexibility index (Phi) is 4.46. The van der Waals surface area contributed by atoms with Gasteiger partial charge < -0.3 is 14.0 Å². The largest absolute Gasteiger partial charge is 0.479 e. The molecule has 0 bridgehead atoms. The van der Waals surface area contributed by atoms with Crippen LogP contribution in [0.25, 0.3) is 27.9 Å². The number of fused-ring (bicyclic) bond motifs is 2. The smallest absolute Gasteiger partial charge is 0.298 e. The SMILES string of the molecule is COc1ncnc2ccn(-c3cnc4nc(OC)n(Cc5cccc(F)c5F)c4c3)c12. The number of benzene rings is 1. The van der Waals surface area contributed by atoms with Gasteiger partial charge in [0, 0.05) is 11.8 Å². The number of pyridine rings is 1. The average molecular weight is 422 g/mol. The average Bonchev–Trinajstić information content (AvgIpc) is 3.38. The quantitative estimate of drug-likeness (QED) is 0.431. The lowest BCUT2D eigenvalue weighted by Gasteiger charge is -2.11. The summed E-state index contributed by atoms with van der Waals surface area (Å²) in [7, 11) is 3.00. The van der Waals surface area contributed by atoms with Crippen molar-refractivity contribution in [1.29, 1.82) is 0 Å². The third-order valence-corrected chi connectivity index (χ3v) is 5.01. The van der Waals surface area contributed by atoms with E-state index >= 15 is 0 Å². The standard InChI is InChI=1S/C21H16F2N6O2/c1-30-20-18-15(25-11-26-20)6-7-28(18)13-8-16-19(24-9-13)27-21(31-2)29(16)10-12-4-3-5-14(22)17(12)23/h3-9,11H,10H2,1-2H3. The van der Waals surface area contributed by atoms with E-state index in [0.717, 1.165) is 6.07 Å². The van der Waals surface area contributed by atoms with Gasteiger partial charge in [-0.05, 0) is 18.2 Å². The molecule has 0 unspecified atom stereocenters. The van der Waals surface area contributed by atoms with Crippen molar-refractivity contribution >= 4 is 22.2 Å². The molecule has 8 nitrogen and oxygen atoms in total. The zero-order valence-electron chi connectivity index (χ0n) is 16.6. The first-order valence-electron chi connectivity index (χ1n) is 9.30. The lowest BCUT2D eigenvalue weighted by molar-refractivity contribution is 0.362. The number of rotatable bonds is 5. The molecular weight excluding hydrogens is 406 g/mol. The summed E-state index contributed by atoms with van der Waals surface area (Å²) in [5.74, 6) is -1.40. The third-order valence-electron chi connectivity index (χ3n) is 5.01. The van der Waals surface area contributed by atoms with Gasteiger partial charge in [0.1, 0.15) is 11.8 Å². The molecule has 0 aliphatic carbocycles. The predicted octanol–water partition coefficient (Wildman–Crippen LogP) is 3.51. The Balaban J connectivity index is 1.68. The first kappa shape index (κ1) is 18.9. The molecule has 0 fully saturated rings. The molecular formula is C21H16F2N6O2. The van der Waals surface area contributed by atoms with Gasteiger partial charge in [0.05, 0.1) is 43.7 Å². The summed E-state index contributed by atoms with van der Waals surface area (Å²) < 4.78 is 42.2. The Morgan fingerprint density at radius 2 is 1.90 bits per heavy atom. The molecule has 5 rings (SSSR count). The number of ether oxygens (including phenoxy) is 2. The Morgan fingerprint density at radius 1 is 1.03 bits per heavy atom. The highest BCUT2D eigenvalue weighted by Crippen LogP contribution is 2.28. The van der Waals surface area contributed by atoms with E-state index in [9.17, 15) is 8.78 Å². The second-order valence-corrected chi connectivity index (χ2v) is 6.74. The van der Waals surface area contributed by atoms with Crippen molar-refractivity contribution in [2.45, 2.75) is 6.54 Å². The first-order valence-corrected chi connectivity index (χ1v) is 9.30. The van der Waals surface area contributed by atoms with Crippen molar-refractivity contribution in [3.8, 4) is 17.6 Å². The fraction of sp³-hybridized carbons (Fsp3) is 0.143. The number of hydrogen-bond acceptors (Lipinski definition) is 6. The van der Waals surface area contributed by atoms with Gasteiger partial charge in [0.25, 0.3) is 6.01 Å². The maximum atomic E-state index is 14.3. The van der Waals surface area contributed by atoms with Crippen LogP contribution in [0, 0.1) is 11.6 Å². The molecule has 5 aromatic rings. The Bertz CT molecular complexity index is 1430. The number of nitrogens with zero attached hydrogens (tertiary/aromatic N) is 6. The van der Waals surface area contributed by atoms with Gasteiger partial charge in [0.15, 0.2) is 17.3 Å². The van der Waals surface area contributed by atoms with Crippen LogP contribution in [0.1, 0.15) is 5.56 Å². The van der Waals surface area contributed by atoms with Crippen LogP contribution in [0.15, 0.2) is 49.1 Å². The molecule has 0 amide bonds. The second kappa shape index (κ2) is 7.31. The topological polar surface area (TPSA) is 79.9 Å². The van der Waals surface area contributed by atoms with E-state index < -0.39 is 11.6 Å². The molecule has 0 saturated carbocycles. The molecule has 0 N–H and O–H groups in total. The van der Waals surface area contributed by atoms with Gasteiger partial charge in [-0.3, -0.25) is 4.57 Å². The molecule has 0 aliphatic heterocycles. The van der Waals surface area contributed by atoms with E-state index in [4.69, 9.17) is 9.47 Å². The van der Waals surface area contributed by atoms with Gasteiger partial charge in [-0.25, -0.2) is 18.7 Å². The lowest BCUT2D eigenvalue weighted by atomic mass is 10.2. The van der Waals surface area contributed by atoms with Crippen LogP contribution in [0.4, 0.5) is 8.78 Å². The summed E-state index contributed by atoms with van der Waals surface area (Å²) in [5.41, 5.74) is 3.26. The number of hydrogen-bond donors (Lipinski definition) is 0. The highest BCUT2D eigenvalue weighted by molar-refractivity contribution is 5.83. The summed E-state index contributed by atoms with van der Waals surface area (Å²) in [6.45, 7) is 0.0211. The minimum atomic E-state index is -0.911. The summed E-state index contributed by atoms with van der Waals surface area (Å²) in [6, 6.07) is 7.96. The molecule has 4 aromatic heterocycles. The Hall–Kier alpha value is -4.08. The van der Waals surface area contributed by atoms with Crippen LogP contribution in [0.5, 0.6) is 11.9 Å². The van der Waals surface area contributed by atoms with Gasteiger partial charge in [-0.15, -0.1) is 0 Å². The fourth-order valence-electron chi connectivity index (χ4n) is 3.56. The van der Waals surface area contributed by atoms with Crippen molar-refractivity contribution < 1.29 is 18.3 Å². The molecule has 0 spiro atoms. The van der Waals surface area contributed by atoms with Crippen LogP contribution < -0.4 is 9.47 Å². The number of methoxy groups -OCH3 is 2. The molecule has 4 heterocycles. The molecule has 0 aliphatic rings. The molecule has 0 saturated heterocycles. The maximum Gasteiger partial charge on any atom is 0.298 e. The number of halogens is 2. The zero-order chi connectivity index (χ0) is 21.5. The number of imidazole rings is 1. The van der Waals surface area contributed by atoms with E-state index in [1.807, 2.05) is 22.9 Å². The van der Waals surface area contributed by atoms with Crippen molar-refractivity contribution in [1.82, 2.24) is 29.1 Å². The van der Waals surface area contributed by atoms with Crippen molar-refractivity contribution in [2.75, 3.05) is 14.2 Å². The van der Waals surface area contributed by atoms with Gasteiger partial charge in [0.2, 0.25) is 5.88 Å². The molecule has 10 heteroatoms. The van der Waals surface area contributed by atoms with Gasteiger partial charge >= 0.3 is 0 Å². The molecule has 31 heavy (non-hydrogen) atoms. The van der Waals surface area contributed by atoms with Gasteiger partial charge in [-0.1, -0.05) is 12.1 Å². The van der Waals surface area contributed by atoms with E-state index in [1.165, 1.54) is 32.7 Å². The Labute approximate surface area is 174 Å². The van der Waals surface area contributed by atoms with Crippen LogP contribution in [0.2, 0.25) is 0 Å². The normalized spacial score (nSPS) is 11.4. The Morgan fingerprint density at radius 3 is 2.71 bits per heavy atom. The summed E-state index contributed by atoms with van der Waals surface area (Å²) in [4.78, 5) is 17.2. The van der Waals surface area contributed by atoms with Crippen LogP contribution in [-0.2, 0) is 6.54 Å². The fourth-order valence-corrected chi connectivity index (χ4v) is 3.56. The third kappa shape index (κ3) is 3.03. The summed E-state index contributed by atoms with van der Waals surface area (Å²) >= 11 is 0. The van der Waals surface area contributed by atoms with Gasteiger partial charge in [-0.2, -0.15) is 9.97 Å². The zero-order valence-corrected chi connectivity index (χ0v) is 16.6. The highest BCUT2D eigenvalue weighted by Gasteiger charge is 2.18. The van der Waals surface area contributed by atoms with Crippen LogP contribution in [0.3, 0.4) is 0 Å². The predicted molar refractivity (Wildman–Crippen MR) is 109 cm³/mol. The van der Waals surface area contributed by atoms with Crippen LogP contribution in [-0.4, -0.2) is 43.3 Å². The van der Waals surface area contributed by atoms with Crippen molar-refractivity contribution in [3.05, 3.63) is 66.3 Å². The molecule has 0 radical (unpaired) electrons. The van der Waals surface area contributed by atoms with Crippen molar-refractivity contribution in [3.63, 3.8) is 0 Å². The van der Waals surface area contributed by atoms with E-state index in [-0.39, 0.29) is 18.1 Å². The summed E-state index contributed by atoms with van der Waals surface area (Å²) in [5, 5.41) is 0. The monoisotopic (exact) mass is 422 g/mol. The first-order chi connectivity index (χ1) is 15.1. The molecule has 156 valence electrons.